The third kappa shape index (κ3) is 2.96. The van der Waals surface area contributed by atoms with Gasteiger partial charge in [-0.15, -0.1) is 0 Å². The van der Waals surface area contributed by atoms with Crippen LogP contribution in [0, 0.1) is 0 Å². The van der Waals surface area contributed by atoms with Gasteiger partial charge in [0.05, 0.1) is 0 Å². The zero-order valence-corrected chi connectivity index (χ0v) is 8.44. The molecule has 0 heterocycles. The monoisotopic (exact) mass is 192 g/mol. The fourth-order valence-electron chi connectivity index (χ4n) is 1.32. The summed E-state index contributed by atoms with van der Waals surface area (Å²) in [6, 6.07) is 8.93. The maximum atomic E-state index is 11.6. The summed E-state index contributed by atoms with van der Waals surface area (Å²) in [6.45, 7) is 2.04. The Bertz CT molecular complexity index is 280. The number of ketones is 1. The maximum absolute atomic E-state index is 11.6. The maximum Gasteiger partial charge on any atom is 0.191 e. The Kier molecular flexibility index (Phi) is 4.33. The van der Waals surface area contributed by atoms with Crippen molar-refractivity contribution in [1.29, 1.82) is 0 Å². The van der Waals surface area contributed by atoms with Gasteiger partial charge in [0.1, 0.15) is 6.10 Å². The fourth-order valence-corrected chi connectivity index (χ4v) is 1.32. The summed E-state index contributed by atoms with van der Waals surface area (Å²) in [5, 5.41) is 9.55. The summed E-state index contributed by atoms with van der Waals surface area (Å²) in [5.41, 5.74) is 0.594. The number of carbonyl (C=O) groups is 1. The smallest absolute Gasteiger partial charge is 0.191 e. The molecule has 0 saturated carbocycles. The van der Waals surface area contributed by atoms with E-state index in [1.807, 2.05) is 13.0 Å². The van der Waals surface area contributed by atoms with Gasteiger partial charge in [-0.25, -0.2) is 0 Å². The zero-order valence-electron chi connectivity index (χ0n) is 8.44. The minimum absolute atomic E-state index is 0.168. The SMILES string of the molecule is CCCCC(O)C(=O)c1ccccc1. The first-order chi connectivity index (χ1) is 6.75. The molecule has 0 amide bonds. The third-order valence-corrected chi connectivity index (χ3v) is 2.19. The number of aliphatic hydroxyl groups is 1. The second kappa shape index (κ2) is 5.55. The molecular formula is C12H16O2. The highest BCUT2D eigenvalue weighted by Gasteiger charge is 2.15. The Morgan fingerprint density at radius 2 is 2.00 bits per heavy atom. The molecule has 1 aromatic rings. The lowest BCUT2D eigenvalue weighted by molar-refractivity contribution is 0.0726. The van der Waals surface area contributed by atoms with Crippen molar-refractivity contribution in [3.8, 4) is 0 Å². The third-order valence-electron chi connectivity index (χ3n) is 2.19. The van der Waals surface area contributed by atoms with Gasteiger partial charge in [-0.1, -0.05) is 50.1 Å². The first-order valence-corrected chi connectivity index (χ1v) is 5.03. The van der Waals surface area contributed by atoms with Crippen molar-refractivity contribution in [1.82, 2.24) is 0 Å². The number of benzene rings is 1. The van der Waals surface area contributed by atoms with Crippen LogP contribution in [0.4, 0.5) is 0 Å². The fraction of sp³-hybridized carbons (Fsp3) is 0.417. The Hall–Kier alpha value is -1.15. The molecule has 0 spiro atoms. The van der Waals surface area contributed by atoms with E-state index < -0.39 is 6.10 Å². The summed E-state index contributed by atoms with van der Waals surface area (Å²) < 4.78 is 0. The zero-order chi connectivity index (χ0) is 10.4. The van der Waals surface area contributed by atoms with E-state index in [9.17, 15) is 9.90 Å². The second-order valence-corrected chi connectivity index (χ2v) is 3.39. The van der Waals surface area contributed by atoms with Gasteiger partial charge in [-0.05, 0) is 6.42 Å². The molecule has 1 rings (SSSR count). The van der Waals surface area contributed by atoms with E-state index >= 15 is 0 Å². The van der Waals surface area contributed by atoms with Crippen molar-refractivity contribution in [2.24, 2.45) is 0 Å². The molecule has 2 heteroatoms. The molecule has 0 aromatic heterocycles. The lowest BCUT2D eigenvalue weighted by atomic mass is 10.0. The molecule has 1 N–H and O–H groups in total. The highest BCUT2D eigenvalue weighted by Crippen LogP contribution is 2.08. The van der Waals surface area contributed by atoms with Crippen molar-refractivity contribution >= 4 is 5.78 Å². The predicted molar refractivity (Wildman–Crippen MR) is 56.3 cm³/mol. The molecule has 1 atom stereocenters. The van der Waals surface area contributed by atoms with Crippen LogP contribution in [-0.4, -0.2) is 17.0 Å². The Balaban J connectivity index is 2.57. The normalized spacial score (nSPS) is 12.4. The summed E-state index contributed by atoms with van der Waals surface area (Å²) in [7, 11) is 0. The average Bonchev–Trinajstić information content (AvgIpc) is 2.26. The van der Waals surface area contributed by atoms with Gasteiger partial charge in [0, 0.05) is 5.56 Å². The van der Waals surface area contributed by atoms with Crippen LogP contribution < -0.4 is 0 Å². The van der Waals surface area contributed by atoms with E-state index in [1.165, 1.54) is 0 Å². The Morgan fingerprint density at radius 1 is 1.36 bits per heavy atom. The van der Waals surface area contributed by atoms with Gasteiger partial charge in [0.2, 0.25) is 0 Å². The molecule has 0 bridgehead atoms. The van der Waals surface area contributed by atoms with Gasteiger partial charge in [-0.3, -0.25) is 4.79 Å². The molecule has 0 aliphatic rings. The first-order valence-electron chi connectivity index (χ1n) is 5.03. The molecule has 76 valence electrons. The molecule has 0 radical (unpaired) electrons. The van der Waals surface area contributed by atoms with Crippen molar-refractivity contribution in [3.63, 3.8) is 0 Å². The highest BCUT2D eigenvalue weighted by molar-refractivity contribution is 5.99. The van der Waals surface area contributed by atoms with E-state index in [0.29, 0.717) is 12.0 Å². The van der Waals surface area contributed by atoms with Crippen LogP contribution in [0.1, 0.15) is 36.5 Å². The number of carbonyl (C=O) groups excluding carboxylic acids is 1. The standard InChI is InChI=1S/C12H16O2/c1-2-3-9-11(13)12(14)10-7-5-4-6-8-10/h4-8,11,13H,2-3,9H2,1H3. The lowest BCUT2D eigenvalue weighted by Crippen LogP contribution is -2.20. The van der Waals surface area contributed by atoms with Crippen LogP contribution in [0.2, 0.25) is 0 Å². The molecule has 2 nitrogen and oxygen atoms in total. The van der Waals surface area contributed by atoms with Crippen LogP contribution in [0.25, 0.3) is 0 Å². The van der Waals surface area contributed by atoms with E-state index in [4.69, 9.17) is 0 Å². The predicted octanol–water partition coefficient (Wildman–Crippen LogP) is 2.42. The molecule has 14 heavy (non-hydrogen) atoms. The van der Waals surface area contributed by atoms with Crippen LogP contribution in [0.3, 0.4) is 0 Å². The van der Waals surface area contributed by atoms with Gasteiger partial charge < -0.3 is 5.11 Å². The number of rotatable bonds is 5. The van der Waals surface area contributed by atoms with E-state index in [2.05, 4.69) is 0 Å². The molecule has 1 aromatic carbocycles. The minimum Gasteiger partial charge on any atom is -0.385 e. The molecule has 1 unspecified atom stereocenters. The number of aliphatic hydroxyl groups excluding tert-OH is 1. The number of hydrogen-bond donors (Lipinski definition) is 1. The van der Waals surface area contributed by atoms with Crippen molar-refractivity contribution in [2.75, 3.05) is 0 Å². The quantitative estimate of drug-likeness (QED) is 0.727. The van der Waals surface area contributed by atoms with Gasteiger partial charge in [0.15, 0.2) is 5.78 Å². The molecular weight excluding hydrogens is 176 g/mol. The van der Waals surface area contributed by atoms with Crippen molar-refractivity contribution in [3.05, 3.63) is 35.9 Å². The summed E-state index contributed by atoms with van der Waals surface area (Å²) in [5.74, 6) is -0.168. The van der Waals surface area contributed by atoms with Crippen molar-refractivity contribution in [2.45, 2.75) is 32.3 Å². The summed E-state index contributed by atoms with van der Waals surface area (Å²) in [6.07, 6.45) is 1.61. The van der Waals surface area contributed by atoms with E-state index in [0.717, 1.165) is 12.8 Å². The van der Waals surface area contributed by atoms with Crippen molar-refractivity contribution < 1.29 is 9.90 Å². The van der Waals surface area contributed by atoms with E-state index in [1.54, 1.807) is 24.3 Å². The summed E-state index contributed by atoms with van der Waals surface area (Å²) in [4.78, 5) is 11.6. The topological polar surface area (TPSA) is 37.3 Å². The van der Waals surface area contributed by atoms with Gasteiger partial charge >= 0.3 is 0 Å². The van der Waals surface area contributed by atoms with Crippen LogP contribution in [-0.2, 0) is 0 Å². The number of unbranched alkanes of at least 4 members (excludes halogenated alkanes) is 1. The largest absolute Gasteiger partial charge is 0.385 e. The van der Waals surface area contributed by atoms with Crippen LogP contribution in [0.5, 0.6) is 0 Å². The second-order valence-electron chi connectivity index (χ2n) is 3.39. The molecule has 0 saturated heterocycles. The summed E-state index contributed by atoms with van der Waals surface area (Å²) >= 11 is 0. The average molecular weight is 192 g/mol. The number of hydrogen-bond acceptors (Lipinski definition) is 2. The van der Waals surface area contributed by atoms with E-state index in [-0.39, 0.29) is 5.78 Å². The Labute approximate surface area is 84.6 Å². The first kappa shape index (κ1) is 10.9. The van der Waals surface area contributed by atoms with Crippen LogP contribution >= 0.6 is 0 Å². The Morgan fingerprint density at radius 3 is 2.57 bits per heavy atom. The molecule has 0 aliphatic carbocycles. The van der Waals surface area contributed by atoms with Gasteiger partial charge in [0.25, 0.3) is 0 Å². The lowest BCUT2D eigenvalue weighted by Gasteiger charge is -2.08. The molecule has 0 aliphatic heterocycles. The van der Waals surface area contributed by atoms with Gasteiger partial charge in [-0.2, -0.15) is 0 Å². The minimum atomic E-state index is -0.836. The van der Waals surface area contributed by atoms with Crippen LogP contribution in [0.15, 0.2) is 30.3 Å². The number of Topliss-reactive ketones (excluding diaryl/α,β-unsaturated/α-hetero) is 1. The molecule has 0 fully saturated rings. The highest BCUT2D eigenvalue weighted by atomic mass is 16.3.